The maximum atomic E-state index is 11.6. The number of hydrogen-bond donors (Lipinski definition) is 0. The molecule has 0 aromatic rings. The fourth-order valence-electron chi connectivity index (χ4n) is 2.13. The first kappa shape index (κ1) is 14.6. The largest absolute Gasteiger partial charge is 0.384 e. The molecule has 0 bridgehead atoms. The number of Topliss-reactive ketones (excluding diaryl/α,β-unsaturated/α-hetero) is 1. The maximum Gasteiger partial charge on any atom is 0.211 e. The number of methoxy groups -OCH3 is 1. The molecule has 1 aliphatic rings. The molecule has 1 rings (SSSR count). The molecule has 100 valence electrons. The SMILES string of the molecule is COCCC(=O)CC1CCCN(S(C)(=O)=O)C1. The molecule has 0 aliphatic carbocycles. The van der Waals surface area contributed by atoms with Crippen LogP contribution in [0.5, 0.6) is 0 Å². The summed E-state index contributed by atoms with van der Waals surface area (Å²) in [6, 6.07) is 0. The zero-order valence-corrected chi connectivity index (χ0v) is 11.3. The van der Waals surface area contributed by atoms with E-state index in [4.69, 9.17) is 4.74 Å². The lowest BCUT2D eigenvalue weighted by molar-refractivity contribution is -0.121. The van der Waals surface area contributed by atoms with Gasteiger partial charge in [-0.15, -0.1) is 0 Å². The van der Waals surface area contributed by atoms with Gasteiger partial charge < -0.3 is 4.74 Å². The van der Waals surface area contributed by atoms with E-state index in [1.165, 1.54) is 10.6 Å². The van der Waals surface area contributed by atoms with E-state index in [0.29, 0.717) is 32.5 Å². The molecule has 0 N–H and O–H groups in total. The number of piperidine rings is 1. The van der Waals surface area contributed by atoms with Crippen molar-refractivity contribution in [2.45, 2.75) is 25.7 Å². The van der Waals surface area contributed by atoms with Gasteiger partial charge in [-0.3, -0.25) is 4.79 Å². The molecule has 0 aromatic heterocycles. The van der Waals surface area contributed by atoms with Crippen LogP contribution in [-0.4, -0.2) is 51.6 Å². The van der Waals surface area contributed by atoms with Gasteiger partial charge in [0.25, 0.3) is 0 Å². The van der Waals surface area contributed by atoms with Crippen LogP contribution in [-0.2, 0) is 19.6 Å². The van der Waals surface area contributed by atoms with Gasteiger partial charge in [0.2, 0.25) is 10.0 Å². The minimum absolute atomic E-state index is 0.159. The van der Waals surface area contributed by atoms with Crippen molar-refractivity contribution in [1.82, 2.24) is 4.31 Å². The smallest absolute Gasteiger partial charge is 0.211 e. The van der Waals surface area contributed by atoms with Crippen LogP contribution < -0.4 is 0 Å². The van der Waals surface area contributed by atoms with Crippen molar-refractivity contribution in [2.24, 2.45) is 5.92 Å². The summed E-state index contributed by atoms with van der Waals surface area (Å²) in [6.07, 6.45) is 3.89. The Hall–Kier alpha value is -0.460. The summed E-state index contributed by atoms with van der Waals surface area (Å²) in [5.74, 6) is 0.329. The second-order valence-electron chi connectivity index (χ2n) is 4.61. The van der Waals surface area contributed by atoms with Gasteiger partial charge in [0, 0.05) is 33.0 Å². The summed E-state index contributed by atoms with van der Waals surface area (Å²) >= 11 is 0. The third-order valence-electron chi connectivity index (χ3n) is 3.05. The Bertz CT molecular complexity index is 352. The molecule has 0 amide bonds. The lowest BCUT2D eigenvalue weighted by atomic mass is 9.93. The number of carbonyl (C=O) groups is 1. The molecule has 1 aliphatic heterocycles. The zero-order valence-electron chi connectivity index (χ0n) is 10.5. The van der Waals surface area contributed by atoms with Crippen molar-refractivity contribution in [3.8, 4) is 0 Å². The van der Waals surface area contributed by atoms with E-state index in [1.54, 1.807) is 7.11 Å². The Morgan fingerprint density at radius 1 is 1.47 bits per heavy atom. The Morgan fingerprint density at radius 3 is 2.76 bits per heavy atom. The predicted octanol–water partition coefficient (Wildman–Crippen LogP) is 0.654. The fraction of sp³-hybridized carbons (Fsp3) is 0.909. The normalized spacial score (nSPS) is 22.6. The predicted molar refractivity (Wildman–Crippen MR) is 65.3 cm³/mol. The molecular weight excluding hydrogens is 242 g/mol. The van der Waals surface area contributed by atoms with E-state index in [9.17, 15) is 13.2 Å². The van der Waals surface area contributed by atoms with Crippen molar-refractivity contribution in [2.75, 3.05) is 33.1 Å². The highest BCUT2D eigenvalue weighted by molar-refractivity contribution is 7.88. The van der Waals surface area contributed by atoms with Crippen LogP contribution in [0.2, 0.25) is 0 Å². The van der Waals surface area contributed by atoms with E-state index in [-0.39, 0.29) is 11.7 Å². The van der Waals surface area contributed by atoms with Crippen LogP contribution in [0.4, 0.5) is 0 Å². The van der Waals surface area contributed by atoms with Crippen molar-refractivity contribution in [1.29, 1.82) is 0 Å². The molecule has 0 radical (unpaired) electrons. The Labute approximate surface area is 103 Å². The van der Waals surface area contributed by atoms with E-state index in [2.05, 4.69) is 0 Å². The Balaban J connectivity index is 2.42. The molecule has 1 atom stereocenters. The topological polar surface area (TPSA) is 63.7 Å². The standard InChI is InChI=1S/C11H21NO4S/c1-16-7-5-11(13)8-10-4-3-6-12(9-10)17(2,14)15/h10H,3-9H2,1-2H3. The molecule has 0 aromatic carbocycles. The van der Waals surface area contributed by atoms with E-state index in [0.717, 1.165) is 12.8 Å². The van der Waals surface area contributed by atoms with Crippen molar-refractivity contribution in [3.05, 3.63) is 0 Å². The lowest BCUT2D eigenvalue weighted by Crippen LogP contribution is -2.39. The Morgan fingerprint density at radius 2 is 2.18 bits per heavy atom. The number of hydrogen-bond acceptors (Lipinski definition) is 4. The molecule has 5 nitrogen and oxygen atoms in total. The van der Waals surface area contributed by atoms with Gasteiger partial charge >= 0.3 is 0 Å². The van der Waals surface area contributed by atoms with Gasteiger partial charge in [0.1, 0.15) is 5.78 Å². The first-order chi connectivity index (χ1) is 7.93. The molecule has 1 fully saturated rings. The molecule has 1 saturated heterocycles. The molecule has 1 heterocycles. The van der Waals surface area contributed by atoms with E-state index >= 15 is 0 Å². The van der Waals surface area contributed by atoms with Crippen LogP contribution in [0.15, 0.2) is 0 Å². The first-order valence-electron chi connectivity index (χ1n) is 5.89. The van der Waals surface area contributed by atoms with Crippen LogP contribution in [0.1, 0.15) is 25.7 Å². The number of ketones is 1. The lowest BCUT2D eigenvalue weighted by Gasteiger charge is -2.30. The summed E-state index contributed by atoms with van der Waals surface area (Å²) in [7, 11) is -1.55. The Kier molecular flexibility index (Phi) is 5.55. The van der Waals surface area contributed by atoms with Gasteiger partial charge in [-0.05, 0) is 18.8 Å². The summed E-state index contributed by atoms with van der Waals surface area (Å²) in [5.41, 5.74) is 0. The monoisotopic (exact) mass is 263 g/mol. The molecule has 17 heavy (non-hydrogen) atoms. The third kappa shape index (κ3) is 5.14. The number of carbonyl (C=O) groups excluding carboxylic acids is 1. The molecule has 6 heteroatoms. The average molecular weight is 263 g/mol. The molecule has 0 saturated carbocycles. The van der Waals surface area contributed by atoms with Crippen LogP contribution in [0.3, 0.4) is 0 Å². The quantitative estimate of drug-likeness (QED) is 0.706. The summed E-state index contributed by atoms with van der Waals surface area (Å²) in [4.78, 5) is 11.6. The van der Waals surface area contributed by atoms with Crippen molar-refractivity contribution in [3.63, 3.8) is 0 Å². The highest BCUT2D eigenvalue weighted by atomic mass is 32.2. The number of rotatable bonds is 6. The molecule has 0 spiro atoms. The second kappa shape index (κ2) is 6.47. The van der Waals surface area contributed by atoms with Crippen molar-refractivity contribution < 1.29 is 17.9 Å². The van der Waals surface area contributed by atoms with Gasteiger partial charge in [-0.2, -0.15) is 0 Å². The number of sulfonamides is 1. The summed E-state index contributed by atoms with van der Waals surface area (Å²) in [5, 5.41) is 0. The van der Waals surface area contributed by atoms with Crippen LogP contribution in [0.25, 0.3) is 0 Å². The van der Waals surface area contributed by atoms with E-state index < -0.39 is 10.0 Å². The zero-order chi connectivity index (χ0) is 12.9. The van der Waals surface area contributed by atoms with E-state index in [1.807, 2.05) is 0 Å². The molecule has 1 unspecified atom stereocenters. The second-order valence-corrected chi connectivity index (χ2v) is 6.60. The van der Waals surface area contributed by atoms with Crippen molar-refractivity contribution >= 4 is 15.8 Å². The van der Waals surface area contributed by atoms with Crippen LogP contribution >= 0.6 is 0 Å². The summed E-state index contributed by atoms with van der Waals surface area (Å²) < 4.78 is 29.1. The minimum Gasteiger partial charge on any atom is -0.384 e. The van der Waals surface area contributed by atoms with Gasteiger partial charge in [0.15, 0.2) is 0 Å². The fourth-order valence-corrected chi connectivity index (χ4v) is 3.08. The molecular formula is C11H21NO4S. The van der Waals surface area contributed by atoms with Gasteiger partial charge in [0.05, 0.1) is 12.9 Å². The summed E-state index contributed by atoms with van der Waals surface area (Å²) in [6.45, 7) is 1.51. The average Bonchev–Trinajstić information content (AvgIpc) is 2.25. The third-order valence-corrected chi connectivity index (χ3v) is 4.32. The number of ether oxygens (including phenoxy) is 1. The van der Waals surface area contributed by atoms with Crippen LogP contribution in [0, 0.1) is 5.92 Å². The van der Waals surface area contributed by atoms with Gasteiger partial charge in [-0.1, -0.05) is 0 Å². The van der Waals surface area contributed by atoms with Gasteiger partial charge in [-0.25, -0.2) is 12.7 Å². The highest BCUT2D eigenvalue weighted by Crippen LogP contribution is 2.22. The maximum absolute atomic E-state index is 11.6. The first-order valence-corrected chi connectivity index (χ1v) is 7.74. The highest BCUT2D eigenvalue weighted by Gasteiger charge is 2.26. The minimum atomic E-state index is -3.11. The number of nitrogens with zero attached hydrogens (tertiary/aromatic N) is 1.